The van der Waals surface area contributed by atoms with E-state index in [0.717, 1.165) is 25.6 Å². The molecule has 1 aromatic carbocycles. The van der Waals surface area contributed by atoms with Crippen LogP contribution in [-0.2, 0) is 0 Å². The summed E-state index contributed by atoms with van der Waals surface area (Å²) in [7, 11) is 1.87. The summed E-state index contributed by atoms with van der Waals surface area (Å²) in [6, 6.07) is 11.3. The number of nitrogens with one attached hydrogen (secondary N) is 2. The predicted molar refractivity (Wildman–Crippen MR) is 142 cm³/mol. The Morgan fingerprint density at radius 1 is 0.935 bits per heavy atom. The number of nitrogens with zero attached hydrogens (tertiary/aromatic N) is 4. The Hall–Kier alpha value is -0.900. The first-order chi connectivity index (χ1) is 14.7. The fourth-order valence-electron chi connectivity index (χ4n) is 4.66. The lowest BCUT2D eigenvalue weighted by molar-refractivity contribution is 0.124. The highest BCUT2D eigenvalue weighted by atomic mass is 127. The zero-order chi connectivity index (χ0) is 21.2. The molecule has 0 bridgehead atoms. The van der Waals surface area contributed by atoms with Gasteiger partial charge in [0.1, 0.15) is 0 Å². The Kier molecular flexibility index (Phi) is 12.1. The second-order valence-electron chi connectivity index (χ2n) is 8.84. The first kappa shape index (κ1) is 26.4. The molecule has 2 unspecified atom stereocenters. The number of hydrogen-bond donors (Lipinski definition) is 2. The van der Waals surface area contributed by atoms with Gasteiger partial charge in [0.2, 0.25) is 0 Å². The summed E-state index contributed by atoms with van der Waals surface area (Å²) >= 11 is 0. The molecule has 2 atom stereocenters. The second kappa shape index (κ2) is 14.3. The molecule has 0 aromatic heterocycles. The zero-order valence-corrected chi connectivity index (χ0v) is 22.1. The van der Waals surface area contributed by atoms with E-state index in [1.54, 1.807) is 0 Å². The Morgan fingerprint density at radius 3 is 2.16 bits per heavy atom. The highest BCUT2D eigenvalue weighted by Crippen LogP contribution is 2.24. The number of guanidine groups is 1. The molecule has 6 nitrogen and oxygen atoms in total. The van der Waals surface area contributed by atoms with Crippen molar-refractivity contribution >= 4 is 29.9 Å². The third kappa shape index (κ3) is 8.51. The quantitative estimate of drug-likeness (QED) is 0.286. The summed E-state index contributed by atoms with van der Waals surface area (Å²) in [6.07, 6.45) is 2.61. The molecule has 2 heterocycles. The first-order valence-corrected chi connectivity index (χ1v) is 11.9. The average molecular weight is 543 g/mol. The van der Waals surface area contributed by atoms with Crippen LogP contribution >= 0.6 is 24.0 Å². The molecule has 31 heavy (non-hydrogen) atoms. The van der Waals surface area contributed by atoms with E-state index in [9.17, 15) is 0 Å². The van der Waals surface area contributed by atoms with Gasteiger partial charge in [0, 0.05) is 52.9 Å². The molecule has 2 aliphatic rings. The fourth-order valence-corrected chi connectivity index (χ4v) is 4.66. The van der Waals surface area contributed by atoms with E-state index >= 15 is 0 Å². The van der Waals surface area contributed by atoms with Crippen LogP contribution in [0.25, 0.3) is 0 Å². The minimum Gasteiger partial charge on any atom is -0.356 e. The molecule has 0 radical (unpaired) electrons. The van der Waals surface area contributed by atoms with E-state index < -0.39 is 0 Å². The zero-order valence-electron chi connectivity index (χ0n) is 19.7. The average Bonchev–Trinajstić information content (AvgIpc) is 3.32. The second-order valence-corrected chi connectivity index (χ2v) is 8.84. The molecule has 2 aliphatic heterocycles. The molecule has 1 aromatic rings. The van der Waals surface area contributed by atoms with Gasteiger partial charge in [-0.3, -0.25) is 9.89 Å². The van der Waals surface area contributed by atoms with Gasteiger partial charge in [-0.05, 0) is 44.0 Å². The minimum atomic E-state index is 0. The largest absolute Gasteiger partial charge is 0.356 e. The van der Waals surface area contributed by atoms with E-state index in [0.29, 0.717) is 12.0 Å². The third-order valence-electron chi connectivity index (χ3n) is 6.55. The van der Waals surface area contributed by atoms with Gasteiger partial charge in [0.15, 0.2) is 5.96 Å². The lowest BCUT2D eigenvalue weighted by Crippen LogP contribution is -2.49. The van der Waals surface area contributed by atoms with E-state index in [1.807, 2.05) is 7.05 Å². The number of halogens is 1. The number of benzene rings is 1. The summed E-state index contributed by atoms with van der Waals surface area (Å²) in [5.74, 6) is 1.51. The van der Waals surface area contributed by atoms with Gasteiger partial charge < -0.3 is 20.4 Å². The van der Waals surface area contributed by atoms with Gasteiger partial charge in [0.05, 0.1) is 6.04 Å². The highest BCUT2D eigenvalue weighted by Gasteiger charge is 2.23. The molecular formula is C24H43IN6. The van der Waals surface area contributed by atoms with E-state index in [4.69, 9.17) is 0 Å². The van der Waals surface area contributed by atoms with Gasteiger partial charge in [0.25, 0.3) is 0 Å². The van der Waals surface area contributed by atoms with Crippen LogP contribution in [-0.4, -0.2) is 93.2 Å². The lowest BCUT2D eigenvalue weighted by atomic mass is 10.1. The van der Waals surface area contributed by atoms with Crippen molar-refractivity contribution in [2.45, 2.75) is 32.7 Å². The van der Waals surface area contributed by atoms with Crippen LogP contribution in [0.5, 0.6) is 0 Å². The maximum Gasteiger partial charge on any atom is 0.191 e. The Bertz CT molecular complexity index is 626. The smallest absolute Gasteiger partial charge is 0.191 e. The molecule has 0 saturated carbocycles. The molecule has 3 rings (SSSR count). The lowest BCUT2D eigenvalue weighted by Gasteiger charge is -2.35. The number of piperazine rings is 1. The topological polar surface area (TPSA) is 46.1 Å². The summed E-state index contributed by atoms with van der Waals surface area (Å²) in [5.41, 5.74) is 1.39. The normalized spacial score (nSPS) is 20.8. The highest BCUT2D eigenvalue weighted by molar-refractivity contribution is 14.0. The SMILES string of the molecule is CCN1CCN(CC(C)CNC(=NC)NCC(c2ccccc2)N2CCCC2)CC1.I. The molecular weight excluding hydrogens is 499 g/mol. The van der Waals surface area contributed by atoms with Crippen molar-refractivity contribution in [1.29, 1.82) is 0 Å². The molecule has 2 saturated heterocycles. The minimum absolute atomic E-state index is 0. The van der Waals surface area contributed by atoms with E-state index in [-0.39, 0.29) is 24.0 Å². The molecule has 2 fully saturated rings. The third-order valence-corrected chi connectivity index (χ3v) is 6.55. The van der Waals surface area contributed by atoms with Gasteiger partial charge in [-0.15, -0.1) is 24.0 Å². The molecule has 7 heteroatoms. The van der Waals surface area contributed by atoms with Crippen molar-refractivity contribution in [3.05, 3.63) is 35.9 Å². The van der Waals surface area contributed by atoms with E-state index in [1.165, 1.54) is 64.2 Å². The Balaban J connectivity index is 0.00000341. The van der Waals surface area contributed by atoms with Crippen LogP contribution in [0, 0.1) is 5.92 Å². The van der Waals surface area contributed by atoms with Crippen molar-refractivity contribution in [1.82, 2.24) is 25.3 Å². The van der Waals surface area contributed by atoms with Crippen LogP contribution < -0.4 is 10.6 Å². The van der Waals surface area contributed by atoms with Gasteiger partial charge in [-0.25, -0.2) is 0 Å². The molecule has 0 aliphatic carbocycles. The molecule has 0 amide bonds. The van der Waals surface area contributed by atoms with Crippen molar-refractivity contribution < 1.29 is 0 Å². The predicted octanol–water partition coefficient (Wildman–Crippen LogP) is 2.88. The van der Waals surface area contributed by atoms with Crippen LogP contribution in [0.4, 0.5) is 0 Å². The van der Waals surface area contributed by atoms with Crippen molar-refractivity contribution in [3.8, 4) is 0 Å². The summed E-state index contributed by atoms with van der Waals surface area (Å²) < 4.78 is 0. The van der Waals surface area contributed by atoms with Gasteiger partial charge in [-0.2, -0.15) is 0 Å². The fraction of sp³-hybridized carbons (Fsp3) is 0.708. The number of likely N-dealkylation sites (tertiary alicyclic amines) is 1. The van der Waals surface area contributed by atoms with Gasteiger partial charge in [-0.1, -0.05) is 44.2 Å². The Labute approximate surface area is 206 Å². The monoisotopic (exact) mass is 542 g/mol. The molecule has 176 valence electrons. The molecule has 0 spiro atoms. The number of hydrogen-bond acceptors (Lipinski definition) is 4. The summed E-state index contributed by atoms with van der Waals surface area (Å²) in [6.45, 7) is 15.9. The number of aliphatic imine (C=N–C) groups is 1. The summed E-state index contributed by atoms with van der Waals surface area (Å²) in [5, 5.41) is 7.15. The maximum absolute atomic E-state index is 4.48. The first-order valence-electron chi connectivity index (χ1n) is 11.9. The summed E-state index contributed by atoms with van der Waals surface area (Å²) in [4.78, 5) is 12.2. The molecule has 2 N–H and O–H groups in total. The van der Waals surface area contributed by atoms with E-state index in [2.05, 4.69) is 74.5 Å². The van der Waals surface area contributed by atoms with Crippen molar-refractivity contribution in [2.75, 3.05) is 72.5 Å². The van der Waals surface area contributed by atoms with Crippen LogP contribution in [0.1, 0.15) is 38.3 Å². The van der Waals surface area contributed by atoms with Crippen LogP contribution in [0.3, 0.4) is 0 Å². The Morgan fingerprint density at radius 2 is 1.55 bits per heavy atom. The van der Waals surface area contributed by atoms with Crippen molar-refractivity contribution in [2.24, 2.45) is 10.9 Å². The maximum atomic E-state index is 4.48. The van der Waals surface area contributed by atoms with Crippen molar-refractivity contribution in [3.63, 3.8) is 0 Å². The van der Waals surface area contributed by atoms with Gasteiger partial charge >= 0.3 is 0 Å². The van der Waals surface area contributed by atoms with Crippen LogP contribution in [0.15, 0.2) is 35.3 Å². The number of rotatable bonds is 9. The van der Waals surface area contributed by atoms with Crippen LogP contribution in [0.2, 0.25) is 0 Å². The standard InChI is InChI=1S/C24H42N6.HI/c1-4-28-14-16-29(17-15-28)20-21(2)18-26-24(25-3)27-19-23(30-12-8-9-13-30)22-10-6-5-7-11-22;/h5-7,10-11,21,23H,4,8-9,12-20H2,1-3H3,(H2,25,26,27);1H. The number of likely N-dealkylation sites (N-methyl/N-ethyl adjacent to an activating group) is 1.